The predicted molar refractivity (Wildman–Crippen MR) is 139 cm³/mol. The van der Waals surface area contributed by atoms with Crippen molar-refractivity contribution >= 4 is 17.7 Å². The smallest absolute Gasteiger partial charge is 0.245 e. The van der Waals surface area contributed by atoms with Crippen molar-refractivity contribution in [1.82, 2.24) is 15.5 Å². The third-order valence-electron chi connectivity index (χ3n) is 6.64. The highest BCUT2D eigenvalue weighted by atomic mass is 16.3. The summed E-state index contributed by atoms with van der Waals surface area (Å²) in [5.41, 5.74) is 6.38. The van der Waals surface area contributed by atoms with E-state index in [0.29, 0.717) is 51.7 Å². The molecule has 1 fully saturated rings. The van der Waals surface area contributed by atoms with Gasteiger partial charge in [0.2, 0.25) is 17.7 Å². The molecule has 1 saturated heterocycles. The van der Waals surface area contributed by atoms with Crippen LogP contribution >= 0.6 is 0 Å². The lowest BCUT2D eigenvalue weighted by Gasteiger charge is -2.33. The molecule has 36 heavy (non-hydrogen) atoms. The molecule has 1 aliphatic heterocycles. The van der Waals surface area contributed by atoms with Gasteiger partial charge < -0.3 is 26.4 Å². The van der Waals surface area contributed by atoms with E-state index < -0.39 is 11.6 Å². The summed E-state index contributed by atoms with van der Waals surface area (Å²) in [7, 11) is 0. The summed E-state index contributed by atoms with van der Waals surface area (Å²) in [6.07, 6.45) is 4.02. The first-order valence-corrected chi connectivity index (χ1v) is 12.7. The minimum absolute atomic E-state index is 0.0522. The summed E-state index contributed by atoms with van der Waals surface area (Å²) in [6, 6.07) is 15.9. The van der Waals surface area contributed by atoms with Gasteiger partial charge in [-0.25, -0.2) is 0 Å². The van der Waals surface area contributed by atoms with E-state index in [1.165, 1.54) is 0 Å². The van der Waals surface area contributed by atoms with Crippen LogP contribution in [0.25, 0.3) is 0 Å². The Morgan fingerprint density at radius 1 is 1.06 bits per heavy atom. The molecule has 0 saturated carbocycles. The summed E-state index contributed by atoms with van der Waals surface area (Å²) in [6.45, 7) is 3.17. The Balaban J connectivity index is 1.63. The minimum Gasteiger partial charge on any atom is -0.508 e. The fraction of sp³-hybridized carbons (Fsp3) is 0.464. The highest BCUT2D eigenvalue weighted by molar-refractivity contribution is 5.94. The van der Waals surface area contributed by atoms with Gasteiger partial charge in [0.15, 0.2) is 0 Å². The number of rotatable bonds is 12. The van der Waals surface area contributed by atoms with Crippen LogP contribution in [0.5, 0.6) is 5.75 Å². The Morgan fingerprint density at radius 2 is 1.78 bits per heavy atom. The van der Waals surface area contributed by atoms with Gasteiger partial charge >= 0.3 is 0 Å². The van der Waals surface area contributed by atoms with E-state index in [0.717, 1.165) is 24.0 Å². The Kier molecular flexibility index (Phi) is 9.87. The molecule has 194 valence electrons. The molecule has 0 bridgehead atoms. The number of aromatic hydroxyl groups is 1. The van der Waals surface area contributed by atoms with Gasteiger partial charge in [-0.2, -0.15) is 0 Å². The van der Waals surface area contributed by atoms with E-state index >= 15 is 0 Å². The summed E-state index contributed by atoms with van der Waals surface area (Å²) < 4.78 is 0. The van der Waals surface area contributed by atoms with E-state index in [9.17, 15) is 19.5 Å². The molecule has 0 aliphatic carbocycles. The first kappa shape index (κ1) is 27.2. The summed E-state index contributed by atoms with van der Waals surface area (Å²) in [4.78, 5) is 41.2. The molecule has 0 aromatic heterocycles. The Bertz CT molecular complexity index is 1010. The average Bonchev–Trinajstić information content (AvgIpc) is 3.36. The highest BCUT2D eigenvalue weighted by Crippen LogP contribution is 2.22. The van der Waals surface area contributed by atoms with Crippen molar-refractivity contribution in [3.8, 4) is 5.75 Å². The van der Waals surface area contributed by atoms with Gasteiger partial charge in [-0.3, -0.25) is 14.4 Å². The van der Waals surface area contributed by atoms with Crippen molar-refractivity contribution in [2.24, 2.45) is 5.73 Å². The standard InChI is InChI=1S/C28H38N4O4/c1-28(27(36)30-18-7-17-29,20-22-8-3-2-4-9-22)31-26(35)24-11-6-19-32(24)25(34)12-5-10-21-13-15-23(33)16-14-21/h2-4,8-9,13-16,24,33H,5-7,10-12,17-20,29H2,1H3,(H,30,36)(H,31,35)/t24-,28?/m0/s1. The van der Waals surface area contributed by atoms with E-state index in [2.05, 4.69) is 10.6 Å². The number of likely N-dealkylation sites (tertiary alicyclic amines) is 1. The number of aryl methyl sites for hydroxylation is 1. The van der Waals surface area contributed by atoms with Crippen LogP contribution in [-0.4, -0.2) is 58.9 Å². The molecule has 3 rings (SSSR count). The van der Waals surface area contributed by atoms with Crippen molar-refractivity contribution in [1.29, 1.82) is 0 Å². The third kappa shape index (κ3) is 7.55. The number of nitrogens with zero attached hydrogens (tertiary/aromatic N) is 1. The van der Waals surface area contributed by atoms with Crippen LogP contribution in [0.4, 0.5) is 0 Å². The molecular weight excluding hydrogens is 456 g/mol. The fourth-order valence-electron chi connectivity index (χ4n) is 4.63. The molecule has 5 N–H and O–H groups in total. The van der Waals surface area contributed by atoms with Gasteiger partial charge in [-0.15, -0.1) is 0 Å². The van der Waals surface area contributed by atoms with Crippen LogP contribution < -0.4 is 16.4 Å². The lowest BCUT2D eigenvalue weighted by molar-refractivity contribution is -0.141. The number of nitrogens with two attached hydrogens (primary N) is 1. The molecule has 1 unspecified atom stereocenters. The van der Waals surface area contributed by atoms with Crippen LogP contribution in [0.2, 0.25) is 0 Å². The molecule has 2 atom stereocenters. The van der Waals surface area contributed by atoms with Crippen LogP contribution in [0.3, 0.4) is 0 Å². The monoisotopic (exact) mass is 494 g/mol. The van der Waals surface area contributed by atoms with Crippen LogP contribution in [0.1, 0.15) is 50.2 Å². The molecule has 8 nitrogen and oxygen atoms in total. The zero-order chi connectivity index (χ0) is 26.0. The number of benzene rings is 2. The lowest BCUT2D eigenvalue weighted by atomic mass is 9.91. The van der Waals surface area contributed by atoms with E-state index in [1.807, 2.05) is 42.5 Å². The zero-order valence-electron chi connectivity index (χ0n) is 21.0. The number of hydrogen-bond donors (Lipinski definition) is 4. The van der Waals surface area contributed by atoms with Crippen LogP contribution in [0, 0.1) is 0 Å². The maximum atomic E-state index is 13.4. The molecule has 0 spiro atoms. The Hall–Kier alpha value is -3.39. The number of nitrogens with one attached hydrogen (secondary N) is 2. The maximum absolute atomic E-state index is 13.4. The normalized spacial score (nSPS) is 16.8. The lowest BCUT2D eigenvalue weighted by Crippen LogP contribution is -2.61. The van der Waals surface area contributed by atoms with Crippen LogP contribution in [-0.2, 0) is 27.2 Å². The number of phenolic OH excluding ortho intramolecular Hbond substituents is 1. The Labute approximate surface area is 213 Å². The third-order valence-corrected chi connectivity index (χ3v) is 6.64. The molecule has 1 heterocycles. The second kappa shape index (κ2) is 13.1. The Morgan fingerprint density at radius 3 is 2.47 bits per heavy atom. The second-order valence-corrected chi connectivity index (χ2v) is 9.65. The average molecular weight is 495 g/mol. The number of amides is 3. The van der Waals surface area contributed by atoms with Gasteiger partial charge in [-0.1, -0.05) is 42.5 Å². The van der Waals surface area contributed by atoms with Gasteiger partial charge in [0.25, 0.3) is 0 Å². The molecule has 0 radical (unpaired) electrons. The molecule has 8 heteroatoms. The molecule has 3 amide bonds. The molecular formula is C28H38N4O4. The SMILES string of the molecule is CC(Cc1ccccc1)(NC(=O)[C@@H]1CCCN1C(=O)CCCc1ccc(O)cc1)C(=O)NCCCN. The van der Waals surface area contributed by atoms with E-state index in [1.54, 1.807) is 24.0 Å². The van der Waals surface area contributed by atoms with E-state index in [-0.39, 0.29) is 23.5 Å². The summed E-state index contributed by atoms with van der Waals surface area (Å²) in [5, 5.41) is 15.3. The maximum Gasteiger partial charge on any atom is 0.245 e. The van der Waals surface area contributed by atoms with Gasteiger partial charge in [-0.05, 0) is 68.8 Å². The van der Waals surface area contributed by atoms with Crippen LogP contribution in [0.15, 0.2) is 54.6 Å². The quantitative estimate of drug-likeness (QED) is 0.337. The topological polar surface area (TPSA) is 125 Å². The van der Waals surface area contributed by atoms with Crippen molar-refractivity contribution in [3.05, 3.63) is 65.7 Å². The van der Waals surface area contributed by atoms with Crippen molar-refractivity contribution in [2.45, 2.75) is 63.5 Å². The minimum atomic E-state index is -1.16. The number of carbonyl (C=O) groups excluding carboxylic acids is 3. The van der Waals surface area contributed by atoms with Crippen molar-refractivity contribution < 1.29 is 19.5 Å². The first-order chi connectivity index (χ1) is 17.3. The molecule has 1 aliphatic rings. The van der Waals surface area contributed by atoms with Crippen molar-refractivity contribution in [2.75, 3.05) is 19.6 Å². The largest absolute Gasteiger partial charge is 0.508 e. The predicted octanol–water partition coefficient (Wildman–Crippen LogP) is 2.29. The zero-order valence-corrected chi connectivity index (χ0v) is 21.0. The number of hydrogen-bond acceptors (Lipinski definition) is 5. The highest BCUT2D eigenvalue weighted by Gasteiger charge is 2.40. The fourth-order valence-corrected chi connectivity index (χ4v) is 4.63. The first-order valence-electron chi connectivity index (χ1n) is 12.7. The van der Waals surface area contributed by atoms with Crippen molar-refractivity contribution in [3.63, 3.8) is 0 Å². The van der Waals surface area contributed by atoms with Gasteiger partial charge in [0, 0.05) is 25.9 Å². The van der Waals surface area contributed by atoms with E-state index in [4.69, 9.17) is 5.73 Å². The number of phenols is 1. The van der Waals surface area contributed by atoms with Gasteiger partial charge in [0.05, 0.1) is 0 Å². The second-order valence-electron chi connectivity index (χ2n) is 9.65. The molecule has 2 aromatic rings. The van der Waals surface area contributed by atoms with Gasteiger partial charge in [0.1, 0.15) is 17.3 Å². The summed E-state index contributed by atoms with van der Waals surface area (Å²) in [5.74, 6) is -0.402. The number of carbonyl (C=O) groups is 3. The molecule has 2 aromatic carbocycles. The summed E-state index contributed by atoms with van der Waals surface area (Å²) >= 11 is 0.